The lowest BCUT2D eigenvalue weighted by atomic mass is 10.0. The zero-order valence-corrected chi connectivity index (χ0v) is 32.1. The van der Waals surface area contributed by atoms with Crippen LogP contribution < -0.4 is 20.6 Å². The fraction of sp³-hybridized carbons (Fsp3) is 0.267. The fourth-order valence-corrected chi connectivity index (χ4v) is 6.09. The van der Waals surface area contributed by atoms with E-state index in [0.717, 1.165) is 12.2 Å². The van der Waals surface area contributed by atoms with Gasteiger partial charge in [0.05, 0.1) is 11.4 Å². The van der Waals surface area contributed by atoms with E-state index in [4.69, 9.17) is 0 Å². The van der Waals surface area contributed by atoms with Crippen LogP contribution >= 0.6 is 38.5 Å². The molecule has 0 aliphatic heterocycles. The maximum Gasteiger partial charge on any atom is 0.301 e. The number of halogens is 4. The van der Waals surface area contributed by atoms with Gasteiger partial charge in [0.25, 0.3) is 11.1 Å². The summed E-state index contributed by atoms with van der Waals surface area (Å²) in [6, 6.07) is 12.0. The second-order valence-electron chi connectivity index (χ2n) is 10.9. The highest BCUT2D eigenvalue weighted by Gasteiger charge is 2.19. The van der Waals surface area contributed by atoms with Gasteiger partial charge in [-0.3, -0.25) is 19.0 Å². The van der Waals surface area contributed by atoms with E-state index in [-0.39, 0.29) is 35.3 Å². The third-order valence-electron chi connectivity index (χ3n) is 6.86. The van der Waals surface area contributed by atoms with Gasteiger partial charge >= 0.3 is 20.4 Å². The van der Waals surface area contributed by atoms with E-state index in [1.807, 2.05) is 22.6 Å². The molecule has 0 saturated heterocycles. The second kappa shape index (κ2) is 16.0. The molecule has 0 aliphatic carbocycles. The van der Waals surface area contributed by atoms with E-state index in [1.165, 1.54) is 88.1 Å². The van der Waals surface area contributed by atoms with Crippen LogP contribution in [0.2, 0.25) is 0 Å². The number of rotatable bonds is 10. The number of pyridine rings is 2. The topological polar surface area (TPSA) is 143 Å². The van der Waals surface area contributed by atoms with Crippen molar-refractivity contribution < 1.29 is 25.6 Å². The van der Waals surface area contributed by atoms with Crippen LogP contribution in [0.4, 0.5) is 20.2 Å². The van der Waals surface area contributed by atoms with E-state index < -0.39 is 32.1 Å². The lowest BCUT2D eigenvalue weighted by Gasteiger charge is -2.17. The number of nitrogens with zero attached hydrogens (tertiary/aromatic N) is 4. The molecule has 0 bridgehead atoms. The number of aryl methyl sites for hydroxylation is 2. The average molecular weight is 884 g/mol. The first-order valence-electron chi connectivity index (χ1n) is 13.9. The van der Waals surface area contributed by atoms with E-state index >= 15 is 0 Å². The van der Waals surface area contributed by atoms with Gasteiger partial charge < -0.3 is 9.13 Å². The predicted octanol–water partition coefficient (Wildman–Crippen LogP) is 4.03. The molecule has 2 aromatic heterocycles. The van der Waals surface area contributed by atoms with Gasteiger partial charge in [-0.1, -0.05) is 28.1 Å². The minimum Gasteiger partial charge on any atom is -0.316 e. The zero-order valence-electron chi connectivity index (χ0n) is 26.8. The summed E-state index contributed by atoms with van der Waals surface area (Å²) in [6.45, 7) is 0. The molecule has 260 valence electrons. The molecule has 4 aromatic rings. The predicted molar refractivity (Wildman–Crippen MR) is 195 cm³/mol. The van der Waals surface area contributed by atoms with Gasteiger partial charge in [-0.05, 0) is 69.1 Å². The van der Waals surface area contributed by atoms with Gasteiger partial charge in [0, 0.05) is 87.7 Å². The Kier molecular flexibility index (Phi) is 13.1. The van der Waals surface area contributed by atoms with Crippen LogP contribution in [0.15, 0.2) is 75.0 Å². The van der Waals surface area contributed by atoms with E-state index in [9.17, 15) is 35.2 Å². The van der Waals surface area contributed by atoms with Gasteiger partial charge in [-0.25, -0.2) is 8.78 Å². The highest BCUT2D eigenvalue weighted by Crippen LogP contribution is 2.24. The van der Waals surface area contributed by atoms with Crippen LogP contribution in [0.1, 0.15) is 22.3 Å². The van der Waals surface area contributed by atoms with E-state index in [2.05, 4.69) is 25.4 Å². The Balaban J connectivity index is 0.000000260. The molecule has 2 N–H and O–H groups in total. The van der Waals surface area contributed by atoms with Crippen LogP contribution in [-0.2, 0) is 47.4 Å². The molecule has 0 fully saturated rings. The van der Waals surface area contributed by atoms with Crippen molar-refractivity contribution in [1.82, 2.24) is 17.7 Å². The Bertz CT molecular complexity index is 2010. The monoisotopic (exact) mass is 882 g/mol. The van der Waals surface area contributed by atoms with Crippen molar-refractivity contribution in [2.24, 2.45) is 14.1 Å². The molecule has 0 spiro atoms. The number of nitrogens with one attached hydrogen (secondary N) is 2. The van der Waals surface area contributed by atoms with Gasteiger partial charge in [0.1, 0.15) is 11.6 Å². The maximum atomic E-state index is 14.1. The Morgan fingerprint density at radius 2 is 1.08 bits per heavy atom. The van der Waals surface area contributed by atoms with Crippen LogP contribution in [0.3, 0.4) is 0 Å². The fourth-order valence-electron chi connectivity index (χ4n) is 4.01. The van der Waals surface area contributed by atoms with Crippen LogP contribution in [-0.4, -0.2) is 62.8 Å². The Labute approximate surface area is 300 Å². The van der Waals surface area contributed by atoms with Crippen molar-refractivity contribution in [2.75, 3.05) is 37.6 Å². The Hall–Kier alpha value is -3.17. The second-order valence-corrected chi connectivity index (χ2v) is 16.9. The molecular formula is C30H34BrF2IN6O6S2. The minimum absolute atomic E-state index is 0.0838. The first kappa shape index (κ1) is 39.3. The average Bonchev–Trinajstić information content (AvgIpc) is 2.96. The summed E-state index contributed by atoms with van der Waals surface area (Å²) in [4.78, 5) is 23.8. The zero-order chi connectivity index (χ0) is 36.1. The summed E-state index contributed by atoms with van der Waals surface area (Å²) in [6.07, 6.45) is 2.96. The third-order valence-corrected chi connectivity index (χ3v) is 10.9. The molecule has 48 heavy (non-hydrogen) atoms. The standard InChI is InChI=1S/C15H17BrFN3O3S.C15H17FIN3O3S/c1-19(2)24(22,23)18-14-9-20(3)15(21)7-11(14)6-10-4-5-12(16)8-13(10)17;1-19(2)24(22,23)18-14-9-20(3)15(21)7-11(14)6-10-4-5-12(17)8-13(10)16/h2*4-5,7-9,18H,6H2,1-3H3. The molecule has 0 radical (unpaired) electrons. The number of hydrogen-bond acceptors (Lipinski definition) is 6. The Morgan fingerprint density at radius 1 is 0.688 bits per heavy atom. The van der Waals surface area contributed by atoms with Crippen molar-refractivity contribution in [3.8, 4) is 0 Å². The van der Waals surface area contributed by atoms with Crippen molar-refractivity contribution in [3.05, 3.63) is 124 Å². The van der Waals surface area contributed by atoms with Crippen LogP contribution in [0.5, 0.6) is 0 Å². The summed E-state index contributed by atoms with van der Waals surface area (Å²) in [7, 11) is 1.11. The number of aromatic nitrogens is 2. The molecule has 0 aliphatic rings. The lowest BCUT2D eigenvalue weighted by Crippen LogP contribution is -2.30. The highest BCUT2D eigenvalue weighted by atomic mass is 127. The first-order valence-corrected chi connectivity index (χ1v) is 18.6. The number of hydrogen-bond donors (Lipinski definition) is 2. The minimum atomic E-state index is -3.75. The largest absolute Gasteiger partial charge is 0.316 e. The highest BCUT2D eigenvalue weighted by molar-refractivity contribution is 14.1. The van der Waals surface area contributed by atoms with Crippen molar-refractivity contribution in [1.29, 1.82) is 0 Å². The summed E-state index contributed by atoms with van der Waals surface area (Å²) in [5.41, 5.74) is 1.40. The molecule has 0 atom stereocenters. The van der Waals surface area contributed by atoms with Gasteiger partial charge in [-0.2, -0.15) is 25.4 Å². The van der Waals surface area contributed by atoms with Crippen LogP contribution in [0, 0.1) is 15.2 Å². The molecule has 12 nitrogen and oxygen atoms in total. The van der Waals surface area contributed by atoms with Gasteiger partial charge in [-0.15, -0.1) is 0 Å². The van der Waals surface area contributed by atoms with E-state index in [0.29, 0.717) is 26.7 Å². The molecule has 18 heteroatoms. The molecule has 2 aromatic carbocycles. The molecule has 0 saturated carbocycles. The first-order chi connectivity index (χ1) is 22.2. The van der Waals surface area contributed by atoms with Gasteiger partial charge in [0.2, 0.25) is 0 Å². The Morgan fingerprint density at radius 3 is 1.46 bits per heavy atom. The number of anilines is 2. The van der Waals surface area contributed by atoms with Crippen LogP contribution in [0.25, 0.3) is 0 Å². The lowest BCUT2D eigenvalue weighted by molar-refractivity contribution is 0.525. The molecule has 0 amide bonds. The summed E-state index contributed by atoms with van der Waals surface area (Å²) in [5.74, 6) is -0.838. The summed E-state index contributed by atoms with van der Waals surface area (Å²) in [5, 5.41) is 0. The van der Waals surface area contributed by atoms with Crippen molar-refractivity contribution in [2.45, 2.75) is 12.8 Å². The summed E-state index contributed by atoms with van der Waals surface area (Å²) >= 11 is 5.19. The molecule has 0 unspecified atom stereocenters. The molecule has 4 rings (SSSR count). The normalized spacial score (nSPS) is 11.8. The molecular weight excluding hydrogens is 849 g/mol. The SMILES string of the molecule is CN(C)S(=O)(=O)Nc1cn(C)c(=O)cc1Cc1ccc(Br)cc1F.CN(C)S(=O)(=O)Nc1cn(C)c(=O)cc1Cc1ccc(I)cc1F. The van der Waals surface area contributed by atoms with Gasteiger partial charge in [0.15, 0.2) is 0 Å². The third kappa shape index (κ3) is 10.4. The van der Waals surface area contributed by atoms with Crippen molar-refractivity contribution >= 4 is 70.3 Å². The maximum absolute atomic E-state index is 14.1. The van der Waals surface area contributed by atoms with E-state index in [1.54, 1.807) is 24.3 Å². The molecule has 2 heterocycles. The number of benzene rings is 2. The van der Waals surface area contributed by atoms with Crippen molar-refractivity contribution in [3.63, 3.8) is 0 Å². The smallest absolute Gasteiger partial charge is 0.301 e. The quantitative estimate of drug-likeness (QED) is 0.231. The summed E-state index contributed by atoms with van der Waals surface area (Å²) < 4.78 is 87.1.